The normalized spacial score (nSPS) is 14.5. The van der Waals surface area contributed by atoms with Crippen LogP contribution in [0.1, 0.15) is 13.8 Å². The third-order valence-electron chi connectivity index (χ3n) is 1.61. The molecular weight excluding hydrogens is 233 g/mol. The predicted octanol–water partition coefficient (Wildman–Crippen LogP) is -4.74. The van der Waals surface area contributed by atoms with Gasteiger partial charge in [0.05, 0.1) is 28.6 Å². The summed E-state index contributed by atoms with van der Waals surface area (Å²) in [4.78, 5) is 0. The number of rotatable bonds is 6. The van der Waals surface area contributed by atoms with Gasteiger partial charge >= 0.3 is 29.6 Å². The molecule has 0 rings (SSSR count). The van der Waals surface area contributed by atoms with Crippen LogP contribution in [0.3, 0.4) is 0 Å². The van der Waals surface area contributed by atoms with E-state index in [1.165, 1.54) is 0 Å². The molecule has 3 N–H and O–H groups in total. The SMILES string of the molecule is CC(C)(CO)NCC(O)CS(=O)(=O)[O-].[Na+]. The number of β-amino-alcohol motifs (C(OH)–C–C–N with tert-alkyl or cyclic N) is 1. The van der Waals surface area contributed by atoms with E-state index < -0.39 is 27.5 Å². The van der Waals surface area contributed by atoms with Crippen LogP contribution in [-0.4, -0.2) is 53.7 Å². The molecule has 1 atom stereocenters. The molecule has 0 radical (unpaired) electrons. The minimum absolute atomic E-state index is 0. The molecule has 0 aromatic carbocycles. The van der Waals surface area contributed by atoms with Crippen molar-refractivity contribution in [3.8, 4) is 0 Å². The Morgan fingerprint density at radius 2 is 1.93 bits per heavy atom. The Balaban J connectivity index is 0. The van der Waals surface area contributed by atoms with Crippen molar-refractivity contribution in [2.75, 3.05) is 18.9 Å². The summed E-state index contributed by atoms with van der Waals surface area (Å²) in [6.45, 7) is 3.18. The van der Waals surface area contributed by atoms with Crippen molar-refractivity contribution >= 4 is 10.1 Å². The van der Waals surface area contributed by atoms with Crippen molar-refractivity contribution in [1.29, 1.82) is 0 Å². The average molecular weight is 249 g/mol. The number of aliphatic hydroxyl groups is 2. The third-order valence-corrected chi connectivity index (χ3v) is 2.40. The molecule has 0 aliphatic rings. The Hall–Kier alpha value is 0.790. The fourth-order valence-corrected chi connectivity index (χ4v) is 1.33. The van der Waals surface area contributed by atoms with Gasteiger partial charge in [-0.05, 0) is 13.8 Å². The first-order chi connectivity index (χ1) is 6.16. The van der Waals surface area contributed by atoms with E-state index >= 15 is 0 Å². The average Bonchev–Trinajstić information content (AvgIpc) is 1.98. The Kier molecular flexibility index (Phi) is 8.70. The first-order valence-electron chi connectivity index (χ1n) is 4.14. The van der Waals surface area contributed by atoms with Crippen molar-refractivity contribution in [2.24, 2.45) is 0 Å². The predicted molar refractivity (Wildman–Crippen MR) is 49.7 cm³/mol. The molecule has 0 saturated heterocycles. The van der Waals surface area contributed by atoms with Gasteiger partial charge in [0, 0.05) is 12.1 Å². The van der Waals surface area contributed by atoms with Gasteiger partial charge in [0.2, 0.25) is 0 Å². The van der Waals surface area contributed by atoms with Crippen LogP contribution in [0.4, 0.5) is 0 Å². The maximum Gasteiger partial charge on any atom is 1.00 e. The first kappa shape index (κ1) is 18.2. The van der Waals surface area contributed by atoms with Crippen LogP contribution in [0, 0.1) is 0 Å². The molecule has 0 aliphatic carbocycles. The van der Waals surface area contributed by atoms with Gasteiger partial charge in [-0.25, -0.2) is 8.42 Å². The van der Waals surface area contributed by atoms with E-state index in [-0.39, 0.29) is 42.7 Å². The van der Waals surface area contributed by atoms with E-state index in [1.54, 1.807) is 13.8 Å². The molecule has 0 aromatic rings. The Labute approximate surface area is 112 Å². The molecular formula is C7H16NNaO5S. The van der Waals surface area contributed by atoms with Gasteiger partial charge in [0.1, 0.15) is 0 Å². The molecule has 0 bridgehead atoms. The van der Waals surface area contributed by atoms with Gasteiger partial charge < -0.3 is 20.1 Å². The van der Waals surface area contributed by atoms with Crippen LogP contribution in [-0.2, 0) is 10.1 Å². The fourth-order valence-electron chi connectivity index (χ4n) is 0.745. The molecule has 0 fully saturated rings. The van der Waals surface area contributed by atoms with Crippen LogP contribution in [0.2, 0.25) is 0 Å². The Morgan fingerprint density at radius 3 is 2.27 bits per heavy atom. The van der Waals surface area contributed by atoms with Gasteiger partial charge in [-0.15, -0.1) is 0 Å². The van der Waals surface area contributed by atoms with Crippen molar-refractivity contribution in [1.82, 2.24) is 5.32 Å². The van der Waals surface area contributed by atoms with Gasteiger partial charge in [-0.2, -0.15) is 0 Å². The van der Waals surface area contributed by atoms with E-state index in [9.17, 15) is 13.0 Å². The standard InChI is InChI=1S/C7H17NO5S.Na/c1-7(2,5-9)8-3-6(10)4-14(11,12)13;/h6,8-10H,3-5H2,1-2H3,(H,11,12,13);/q;+1/p-1. The van der Waals surface area contributed by atoms with Crippen LogP contribution in [0.5, 0.6) is 0 Å². The van der Waals surface area contributed by atoms with Crippen LogP contribution in [0.25, 0.3) is 0 Å². The molecule has 0 saturated carbocycles. The third kappa shape index (κ3) is 11.1. The van der Waals surface area contributed by atoms with Crippen molar-refractivity contribution < 1.29 is 52.7 Å². The van der Waals surface area contributed by atoms with Gasteiger partial charge in [-0.3, -0.25) is 0 Å². The summed E-state index contributed by atoms with van der Waals surface area (Å²) < 4.78 is 30.7. The van der Waals surface area contributed by atoms with E-state index in [4.69, 9.17) is 10.2 Å². The zero-order valence-electron chi connectivity index (χ0n) is 9.23. The van der Waals surface area contributed by atoms with E-state index in [1.807, 2.05) is 0 Å². The molecule has 0 heterocycles. The molecule has 8 heteroatoms. The fraction of sp³-hybridized carbons (Fsp3) is 1.00. The summed E-state index contributed by atoms with van der Waals surface area (Å²) in [7, 11) is -4.40. The zero-order valence-corrected chi connectivity index (χ0v) is 12.0. The summed E-state index contributed by atoms with van der Waals surface area (Å²) in [6.07, 6.45) is -1.25. The quantitative estimate of drug-likeness (QED) is 0.322. The van der Waals surface area contributed by atoms with Gasteiger partial charge in [0.25, 0.3) is 0 Å². The maximum absolute atomic E-state index is 10.2. The van der Waals surface area contributed by atoms with Crippen molar-refractivity contribution in [3.63, 3.8) is 0 Å². The van der Waals surface area contributed by atoms with Gasteiger partial charge in [-0.1, -0.05) is 0 Å². The minimum Gasteiger partial charge on any atom is -0.748 e. The van der Waals surface area contributed by atoms with Crippen LogP contribution in [0.15, 0.2) is 0 Å². The molecule has 0 aromatic heterocycles. The van der Waals surface area contributed by atoms with Gasteiger partial charge in [0.15, 0.2) is 0 Å². The molecule has 1 unspecified atom stereocenters. The summed E-state index contributed by atoms with van der Waals surface area (Å²) in [5, 5.41) is 20.7. The van der Waals surface area contributed by atoms with Crippen molar-refractivity contribution in [2.45, 2.75) is 25.5 Å². The molecule has 15 heavy (non-hydrogen) atoms. The minimum atomic E-state index is -4.40. The first-order valence-corrected chi connectivity index (χ1v) is 5.71. The largest absolute Gasteiger partial charge is 1.00 e. The maximum atomic E-state index is 10.2. The number of aliphatic hydroxyl groups excluding tert-OH is 2. The monoisotopic (exact) mass is 249 g/mol. The molecule has 0 amide bonds. The molecule has 6 nitrogen and oxygen atoms in total. The van der Waals surface area contributed by atoms with E-state index in [0.29, 0.717) is 0 Å². The molecule has 0 spiro atoms. The summed E-state index contributed by atoms with van der Waals surface area (Å²) in [5.41, 5.74) is -0.604. The summed E-state index contributed by atoms with van der Waals surface area (Å²) >= 11 is 0. The zero-order chi connectivity index (χ0) is 11.4. The summed E-state index contributed by atoms with van der Waals surface area (Å²) in [6, 6.07) is 0. The second kappa shape index (κ2) is 7.18. The van der Waals surface area contributed by atoms with Crippen LogP contribution >= 0.6 is 0 Å². The Morgan fingerprint density at radius 1 is 1.47 bits per heavy atom. The summed E-state index contributed by atoms with van der Waals surface area (Å²) in [5.74, 6) is -0.818. The van der Waals surface area contributed by atoms with Crippen LogP contribution < -0.4 is 34.9 Å². The number of hydrogen-bond donors (Lipinski definition) is 3. The number of hydrogen-bond acceptors (Lipinski definition) is 6. The molecule has 0 aliphatic heterocycles. The van der Waals surface area contributed by atoms with E-state index in [2.05, 4.69) is 5.32 Å². The molecule has 86 valence electrons. The second-order valence-corrected chi connectivity index (χ2v) is 5.25. The number of nitrogens with one attached hydrogen (secondary N) is 1. The second-order valence-electron chi connectivity index (χ2n) is 3.80. The van der Waals surface area contributed by atoms with Crippen molar-refractivity contribution in [3.05, 3.63) is 0 Å². The topological polar surface area (TPSA) is 110 Å². The Bertz CT molecular complexity index is 267. The smallest absolute Gasteiger partial charge is 0.748 e. The van der Waals surface area contributed by atoms with E-state index in [0.717, 1.165) is 0 Å².